The van der Waals surface area contributed by atoms with E-state index in [1.54, 1.807) is 4.90 Å². The molecule has 15 heavy (non-hydrogen) atoms. The first-order valence-electron chi connectivity index (χ1n) is 5.88. The Morgan fingerprint density at radius 3 is 2.80 bits per heavy atom. The van der Waals surface area contributed by atoms with Gasteiger partial charge in [0.25, 0.3) is 0 Å². The summed E-state index contributed by atoms with van der Waals surface area (Å²) in [6, 6.07) is 0.0385. The molecule has 3 N–H and O–H groups in total. The summed E-state index contributed by atoms with van der Waals surface area (Å²) in [6.07, 6.45) is 4.20. The molecule has 1 amide bonds. The van der Waals surface area contributed by atoms with Crippen molar-refractivity contribution in [2.24, 2.45) is 11.7 Å². The van der Waals surface area contributed by atoms with Crippen molar-refractivity contribution in [3.8, 4) is 0 Å². The Labute approximate surface area is 90.4 Å². The molecule has 1 aliphatic heterocycles. The van der Waals surface area contributed by atoms with Crippen molar-refractivity contribution >= 4 is 5.91 Å². The molecule has 1 saturated heterocycles. The van der Waals surface area contributed by atoms with Gasteiger partial charge in [0.1, 0.15) is 0 Å². The van der Waals surface area contributed by atoms with E-state index in [0.29, 0.717) is 18.9 Å². The van der Waals surface area contributed by atoms with Gasteiger partial charge in [0.2, 0.25) is 5.91 Å². The zero-order valence-electron chi connectivity index (χ0n) is 9.06. The highest BCUT2D eigenvalue weighted by Crippen LogP contribution is 2.33. The molecule has 2 fully saturated rings. The van der Waals surface area contributed by atoms with E-state index in [2.05, 4.69) is 0 Å². The predicted molar refractivity (Wildman–Crippen MR) is 57.1 cm³/mol. The number of β-amino-alcohol motifs (C(OH)–C–C–N with tert-alkyl or cyclic N) is 1. The normalized spacial score (nSPS) is 28.9. The first-order chi connectivity index (χ1) is 7.16. The Balaban J connectivity index is 1.78. The molecule has 2 aliphatic rings. The van der Waals surface area contributed by atoms with Crippen molar-refractivity contribution in [2.45, 2.75) is 44.2 Å². The van der Waals surface area contributed by atoms with Gasteiger partial charge in [-0.3, -0.25) is 4.79 Å². The lowest BCUT2D eigenvalue weighted by Gasteiger charge is -2.30. The van der Waals surface area contributed by atoms with Crippen LogP contribution in [0.5, 0.6) is 0 Å². The number of piperidine rings is 1. The van der Waals surface area contributed by atoms with E-state index in [9.17, 15) is 9.90 Å². The van der Waals surface area contributed by atoms with Crippen molar-refractivity contribution in [1.29, 1.82) is 0 Å². The fourth-order valence-electron chi connectivity index (χ4n) is 2.20. The summed E-state index contributed by atoms with van der Waals surface area (Å²) in [7, 11) is 0. The first-order valence-corrected chi connectivity index (χ1v) is 5.88. The van der Waals surface area contributed by atoms with Crippen LogP contribution in [0.15, 0.2) is 0 Å². The first kappa shape index (κ1) is 10.9. The number of hydrogen-bond acceptors (Lipinski definition) is 3. The lowest BCUT2D eigenvalue weighted by atomic mass is 10.1. The number of nitrogens with two attached hydrogens (primary N) is 1. The minimum absolute atomic E-state index is 0.0385. The van der Waals surface area contributed by atoms with Crippen LogP contribution in [-0.4, -0.2) is 41.1 Å². The summed E-state index contributed by atoms with van der Waals surface area (Å²) in [5.74, 6) is 0.691. The van der Waals surface area contributed by atoms with Gasteiger partial charge in [0, 0.05) is 25.6 Å². The van der Waals surface area contributed by atoms with Crippen LogP contribution in [0.2, 0.25) is 0 Å². The molecule has 0 bridgehead atoms. The average Bonchev–Trinajstić information content (AvgIpc) is 3.00. The Bertz CT molecular complexity index is 241. The van der Waals surface area contributed by atoms with Crippen molar-refractivity contribution < 1.29 is 9.90 Å². The molecule has 2 unspecified atom stereocenters. The molecule has 4 heteroatoms. The second-order valence-corrected chi connectivity index (χ2v) is 4.84. The Morgan fingerprint density at radius 1 is 1.47 bits per heavy atom. The molecule has 2 atom stereocenters. The molecule has 0 aromatic carbocycles. The SMILES string of the molecule is NC(CC(=O)N1CCCC(O)C1)C1CC1. The van der Waals surface area contributed by atoms with Crippen molar-refractivity contribution in [1.82, 2.24) is 4.90 Å². The van der Waals surface area contributed by atoms with Crippen LogP contribution in [0.1, 0.15) is 32.1 Å². The second-order valence-electron chi connectivity index (χ2n) is 4.84. The molecule has 2 rings (SSSR count). The lowest BCUT2D eigenvalue weighted by molar-refractivity contribution is -0.134. The summed E-state index contributed by atoms with van der Waals surface area (Å²) >= 11 is 0. The van der Waals surface area contributed by atoms with E-state index in [-0.39, 0.29) is 18.1 Å². The topological polar surface area (TPSA) is 66.6 Å². The fraction of sp³-hybridized carbons (Fsp3) is 0.909. The minimum Gasteiger partial charge on any atom is -0.391 e. The molecule has 0 radical (unpaired) electrons. The number of carbonyl (C=O) groups excluding carboxylic acids is 1. The third kappa shape index (κ3) is 2.92. The number of nitrogens with zero attached hydrogens (tertiary/aromatic N) is 1. The third-order valence-corrected chi connectivity index (χ3v) is 3.39. The maximum atomic E-state index is 11.8. The van der Waals surface area contributed by atoms with Gasteiger partial charge in [-0.05, 0) is 31.6 Å². The van der Waals surface area contributed by atoms with Gasteiger partial charge in [-0.25, -0.2) is 0 Å². The number of likely N-dealkylation sites (tertiary alicyclic amines) is 1. The van der Waals surface area contributed by atoms with Crippen LogP contribution in [0, 0.1) is 5.92 Å². The molecule has 0 aromatic heterocycles. The minimum atomic E-state index is -0.333. The molecule has 86 valence electrons. The largest absolute Gasteiger partial charge is 0.391 e. The molecule has 1 heterocycles. The molecular weight excluding hydrogens is 192 g/mol. The van der Waals surface area contributed by atoms with Crippen LogP contribution in [0.4, 0.5) is 0 Å². The number of aliphatic hydroxyl groups is 1. The molecular formula is C11H20N2O2. The van der Waals surface area contributed by atoms with E-state index in [1.165, 1.54) is 12.8 Å². The van der Waals surface area contributed by atoms with Gasteiger partial charge in [0.05, 0.1) is 6.10 Å². The highest BCUT2D eigenvalue weighted by Gasteiger charge is 2.31. The number of hydrogen-bond donors (Lipinski definition) is 2. The van der Waals surface area contributed by atoms with Crippen molar-refractivity contribution in [3.63, 3.8) is 0 Å². The standard InChI is InChI=1S/C11H20N2O2/c12-10(8-3-4-8)6-11(15)13-5-1-2-9(14)7-13/h8-10,14H,1-7,12H2. The van der Waals surface area contributed by atoms with Crippen molar-refractivity contribution in [2.75, 3.05) is 13.1 Å². The van der Waals surface area contributed by atoms with Crippen LogP contribution in [0.3, 0.4) is 0 Å². The van der Waals surface area contributed by atoms with Crippen molar-refractivity contribution in [3.05, 3.63) is 0 Å². The van der Waals surface area contributed by atoms with E-state index in [4.69, 9.17) is 5.73 Å². The van der Waals surface area contributed by atoms with E-state index in [0.717, 1.165) is 19.4 Å². The summed E-state index contributed by atoms with van der Waals surface area (Å²) in [5, 5.41) is 9.46. The summed E-state index contributed by atoms with van der Waals surface area (Å²) < 4.78 is 0. The zero-order valence-corrected chi connectivity index (χ0v) is 9.06. The number of carbonyl (C=O) groups is 1. The Hall–Kier alpha value is -0.610. The number of aliphatic hydroxyl groups excluding tert-OH is 1. The quantitative estimate of drug-likeness (QED) is 0.697. The van der Waals surface area contributed by atoms with Crippen LogP contribution >= 0.6 is 0 Å². The summed E-state index contributed by atoms with van der Waals surface area (Å²) in [5.41, 5.74) is 5.91. The average molecular weight is 212 g/mol. The summed E-state index contributed by atoms with van der Waals surface area (Å²) in [4.78, 5) is 13.6. The van der Waals surface area contributed by atoms with Crippen LogP contribution in [0.25, 0.3) is 0 Å². The van der Waals surface area contributed by atoms with Gasteiger partial charge in [0.15, 0.2) is 0 Å². The van der Waals surface area contributed by atoms with Gasteiger partial charge in [-0.1, -0.05) is 0 Å². The van der Waals surface area contributed by atoms with Gasteiger partial charge >= 0.3 is 0 Å². The van der Waals surface area contributed by atoms with Crippen LogP contribution in [-0.2, 0) is 4.79 Å². The smallest absolute Gasteiger partial charge is 0.224 e. The van der Waals surface area contributed by atoms with E-state index in [1.807, 2.05) is 0 Å². The van der Waals surface area contributed by atoms with Gasteiger partial charge in [-0.15, -0.1) is 0 Å². The van der Waals surface area contributed by atoms with Gasteiger partial charge in [-0.2, -0.15) is 0 Å². The second kappa shape index (κ2) is 4.49. The Kier molecular flexibility index (Phi) is 3.26. The molecule has 1 saturated carbocycles. The van der Waals surface area contributed by atoms with E-state index < -0.39 is 0 Å². The third-order valence-electron chi connectivity index (χ3n) is 3.39. The van der Waals surface area contributed by atoms with Gasteiger partial charge < -0.3 is 15.7 Å². The molecule has 0 aromatic rings. The number of amides is 1. The molecule has 4 nitrogen and oxygen atoms in total. The lowest BCUT2D eigenvalue weighted by Crippen LogP contribution is -2.44. The predicted octanol–water partition coefficient (Wildman–Crippen LogP) is 0.0971. The summed E-state index contributed by atoms with van der Waals surface area (Å²) in [6.45, 7) is 1.28. The van der Waals surface area contributed by atoms with E-state index >= 15 is 0 Å². The maximum Gasteiger partial charge on any atom is 0.224 e. The zero-order chi connectivity index (χ0) is 10.8. The fourth-order valence-corrected chi connectivity index (χ4v) is 2.20. The maximum absolute atomic E-state index is 11.8. The highest BCUT2D eigenvalue weighted by atomic mass is 16.3. The number of rotatable bonds is 3. The molecule has 0 spiro atoms. The molecule has 1 aliphatic carbocycles. The highest BCUT2D eigenvalue weighted by molar-refractivity contribution is 5.77. The van der Waals surface area contributed by atoms with Crippen LogP contribution < -0.4 is 5.73 Å². The Morgan fingerprint density at radius 2 is 2.20 bits per heavy atom. The monoisotopic (exact) mass is 212 g/mol.